The van der Waals surface area contributed by atoms with E-state index in [1.807, 2.05) is 70.2 Å². The zero-order valence-corrected chi connectivity index (χ0v) is 19.3. The Hall–Kier alpha value is -2.90. The van der Waals surface area contributed by atoms with Gasteiger partial charge in [-0.05, 0) is 49.2 Å². The summed E-state index contributed by atoms with van der Waals surface area (Å²) >= 11 is 0. The van der Waals surface area contributed by atoms with Crippen LogP contribution in [0.1, 0.15) is 58.1 Å². The van der Waals surface area contributed by atoms with Gasteiger partial charge in [0.15, 0.2) is 0 Å². The van der Waals surface area contributed by atoms with Crippen LogP contribution in [0, 0.1) is 0 Å². The molecule has 2 amide bonds. The van der Waals surface area contributed by atoms with Crippen molar-refractivity contribution in [3.05, 3.63) is 65.2 Å². The van der Waals surface area contributed by atoms with Gasteiger partial charge in [-0.3, -0.25) is 10.1 Å². The summed E-state index contributed by atoms with van der Waals surface area (Å²) in [5.41, 5.74) is 8.96. The Bertz CT molecular complexity index is 816. The summed E-state index contributed by atoms with van der Waals surface area (Å²) in [6, 6.07) is 15.0. The van der Waals surface area contributed by atoms with E-state index in [-0.39, 0.29) is 14.8 Å². The normalized spacial score (nSPS) is 11.0. The van der Waals surface area contributed by atoms with E-state index in [2.05, 4.69) is 15.4 Å². The predicted octanol–water partition coefficient (Wildman–Crippen LogP) is 4.50. The molecule has 1 atom stereocenters. The van der Waals surface area contributed by atoms with Crippen LogP contribution in [0.2, 0.25) is 0 Å². The Morgan fingerprint density at radius 1 is 1.06 bits per heavy atom. The molecule has 0 saturated carbocycles. The van der Waals surface area contributed by atoms with Gasteiger partial charge < -0.3 is 20.7 Å². The van der Waals surface area contributed by atoms with Gasteiger partial charge in [-0.2, -0.15) is 0 Å². The van der Waals surface area contributed by atoms with E-state index in [0.29, 0.717) is 37.4 Å². The Morgan fingerprint density at radius 3 is 2.26 bits per heavy atom. The molecule has 174 valence electrons. The first-order valence-electron chi connectivity index (χ1n) is 10.8. The maximum absolute atomic E-state index is 12.5. The summed E-state index contributed by atoms with van der Waals surface area (Å²) in [6.07, 6.45) is -0.520. The SMILES string of the molecule is CC.CCN(CC)C(=O)c1ccc(C(NCCN)c2cccc(NC(=O)OC)c2)cc1.[HH].[HH]. The van der Waals surface area contributed by atoms with E-state index in [1.54, 1.807) is 11.0 Å². The highest BCUT2D eigenvalue weighted by molar-refractivity contribution is 5.94. The van der Waals surface area contributed by atoms with Crippen LogP contribution in [-0.2, 0) is 4.74 Å². The molecule has 0 saturated heterocycles. The number of amides is 2. The zero-order valence-electron chi connectivity index (χ0n) is 19.3. The van der Waals surface area contributed by atoms with Crippen LogP contribution in [0.15, 0.2) is 48.5 Å². The van der Waals surface area contributed by atoms with Gasteiger partial charge in [0.2, 0.25) is 0 Å². The minimum absolute atomic E-state index is 0. The number of nitrogens with one attached hydrogen (secondary N) is 2. The number of anilines is 1. The van der Waals surface area contributed by atoms with Gasteiger partial charge in [-0.25, -0.2) is 4.79 Å². The lowest BCUT2D eigenvalue weighted by Gasteiger charge is -2.22. The van der Waals surface area contributed by atoms with Gasteiger partial charge >= 0.3 is 6.09 Å². The van der Waals surface area contributed by atoms with Crippen LogP contribution < -0.4 is 16.4 Å². The molecule has 0 fully saturated rings. The van der Waals surface area contributed by atoms with E-state index < -0.39 is 6.09 Å². The summed E-state index contributed by atoms with van der Waals surface area (Å²) in [5, 5.41) is 6.11. The number of nitrogens with two attached hydrogens (primary N) is 1. The largest absolute Gasteiger partial charge is 0.453 e. The highest BCUT2D eigenvalue weighted by atomic mass is 16.5. The lowest BCUT2D eigenvalue weighted by Crippen LogP contribution is -2.30. The predicted molar refractivity (Wildman–Crippen MR) is 131 cm³/mol. The lowest BCUT2D eigenvalue weighted by atomic mass is 9.97. The molecule has 1 unspecified atom stereocenters. The molecule has 0 spiro atoms. The van der Waals surface area contributed by atoms with Crippen LogP contribution in [0.5, 0.6) is 0 Å². The number of hydrogen-bond acceptors (Lipinski definition) is 5. The summed E-state index contributed by atoms with van der Waals surface area (Å²) in [6.45, 7) is 10.4. The summed E-state index contributed by atoms with van der Waals surface area (Å²) < 4.78 is 4.66. The second kappa shape index (κ2) is 14.2. The van der Waals surface area contributed by atoms with E-state index >= 15 is 0 Å². The molecule has 0 radical (unpaired) electrons. The minimum Gasteiger partial charge on any atom is -0.453 e. The molecule has 7 heteroatoms. The number of benzene rings is 2. The molecule has 0 heterocycles. The molecule has 0 bridgehead atoms. The second-order valence-electron chi connectivity index (χ2n) is 6.52. The third kappa shape index (κ3) is 7.70. The molecule has 2 rings (SSSR count). The quantitative estimate of drug-likeness (QED) is 0.542. The van der Waals surface area contributed by atoms with Crippen LogP contribution >= 0.6 is 0 Å². The van der Waals surface area contributed by atoms with E-state index in [0.717, 1.165) is 11.1 Å². The average Bonchev–Trinajstić information content (AvgIpc) is 2.82. The van der Waals surface area contributed by atoms with Crippen LogP contribution in [0.3, 0.4) is 0 Å². The number of ether oxygens (including phenoxy) is 1. The Labute approximate surface area is 188 Å². The molecule has 31 heavy (non-hydrogen) atoms. The number of methoxy groups -OCH3 is 1. The van der Waals surface area contributed by atoms with Crippen molar-refractivity contribution in [3.8, 4) is 0 Å². The van der Waals surface area contributed by atoms with Gasteiger partial charge in [0, 0.05) is 40.3 Å². The highest BCUT2D eigenvalue weighted by Gasteiger charge is 2.17. The fraction of sp³-hybridized carbons (Fsp3) is 0.417. The first-order chi connectivity index (χ1) is 15.0. The zero-order chi connectivity index (χ0) is 23.2. The number of carbonyl (C=O) groups is 2. The molecule has 0 aliphatic rings. The Morgan fingerprint density at radius 2 is 1.71 bits per heavy atom. The summed E-state index contributed by atoms with van der Waals surface area (Å²) in [5.74, 6) is 0.0253. The fourth-order valence-electron chi connectivity index (χ4n) is 3.13. The van der Waals surface area contributed by atoms with Crippen molar-refractivity contribution in [1.29, 1.82) is 0 Å². The Balaban J connectivity index is 0. The van der Waals surface area contributed by atoms with Crippen LogP contribution in [0.25, 0.3) is 0 Å². The van der Waals surface area contributed by atoms with Crippen LogP contribution in [0.4, 0.5) is 10.5 Å². The van der Waals surface area contributed by atoms with Crippen molar-refractivity contribution in [3.63, 3.8) is 0 Å². The van der Waals surface area contributed by atoms with Crippen molar-refractivity contribution in [2.24, 2.45) is 5.73 Å². The molecular weight excluding hydrogens is 392 g/mol. The molecule has 2 aromatic rings. The highest BCUT2D eigenvalue weighted by Crippen LogP contribution is 2.25. The smallest absolute Gasteiger partial charge is 0.411 e. The number of nitrogens with zero attached hydrogens (tertiary/aromatic N) is 1. The van der Waals surface area contributed by atoms with E-state index in [4.69, 9.17) is 5.73 Å². The van der Waals surface area contributed by atoms with Crippen molar-refractivity contribution in [1.82, 2.24) is 10.2 Å². The lowest BCUT2D eigenvalue weighted by molar-refractivity contribution is 0.0773. The topological polar surface area (TPSA) is 96.7 Å². The molecule has 0 aromatic heterocycles. The van der Waals surface area contributed by atoms with Crippen LogP contribution in [-0.4, -0.2) is 50.2 Å². The van der Waals surface area contributed by atoms with Crippen molar-refractivity contribution in [2.75, 3.05) is 38.6 Å². The van der Waals surface area contributed by atoms with Crippen molar-refractivity contribution < 1.29 is 17.2 Å². The minimum atomic E-state index is -0.520. The standard InChI is InChI=1S/C22H30N4O3.C2H6.2H2/c1-4-26(5-2)21(27)17-11-9-16(10-12-17)20(24-14-13-23)18-7-6-8-19(15-18)25-22(28)29-3;1-2;;/h6-12,15,20,24H,4-5,13-14,23H2,1-3H3,(H,25,28);1-2H3;2*1H. The molecule has 7 nitrogen and oxygen atoms in total. The molecule has 4 N–H and O–H groups in total. The van der Waals surface area contributed by atoms with Gasteiger partial charge in [0.05, 0.1) is 13.2 Å². The number of carbonyl (C=O) groups excluding carboxylic acids is 2. The van der Waals surface area contributed by atoms with Gasteiger partial charge in [0.1, 0.15) is 0 Å². The summed E-state index contributed by atoms with van der Waals surface area (Å²) in [4.78, 5) is 25.8. The maximum Gasteiger partial charge on any atom is 0.411 e. The maximum atomic E-state index is 12.5. The number of rotatable bonds is 9. The number of hydrogen-bond donors (Lipinski definition) is 3. The molecular formula is C24H40N4O3. The van der Waals surface area contributed by atoms with Gasteiger partial charge in [0.25, 0.3) is 5.91 Å². The van der Waals surface area contributed by atoms with Gasteiger partial charge in [-0.15, -0.1) is 0 Å². The summed E-state index contributed by atoms with van der Waals surface area (Å²) in [7, 11) is 1.33. The third-order valence-corrected chi connectivity index (χ3v) is 4.69. The van der Waals surface area contributed by atoms with E-state index in [1.165, 1.54) is 7.11 Å². The average molecular weight is 433 g/mol. The first kappa shape index (κ1) is 26.1. The van der Waals surface area contributed by atoms with Crippen molar-refractivity contribution >= 4 is 17.7 Å². The molecule has 0 aliphatic heterocycles. The molecule has 2 aromatic carbocycles. The monoisotopic (exact) mass is 432 g/mol. The van der Waals surface area contributed by atoms with Crippen molar-refractivity contribution in [2.45, 2.75) is 33.7 Å². The first-order valence-corrected chi connectivity index (χ1v) is 10.8. The molecule has 0 aliphatic carbocycles. The third-order valence-electron chi connectivity index (χ3n) is 4.69. The Kier molecular flexibility index (Phi) is 11.9. The fourth-order valence-corrected chi connectivity index (χ4v) is 3.13. The van der Waals surface area contributed by atoms with E-state index in [9.17, 15) is 9.59 Å². The van der Waals surface area contributed by atoms with Gasteiger partial charge in [-0.1, -0.05) is 38.1 Å². The second-order valence-corrected chi connectivity index (χ2v) is 6.52.